The molecule has 0 saturated heterocycles. The molecule has 2 aromatic carbocycles. The lowest BCUT2D eigenvalue weighted by Crippen LogP contribution is -2.19. The number of thiazole rings is 1. The highest BCUT2D eigenvalue weighted by atomic mass is 32.1. The molecule has 0 aliphatic carbocycles. The van der Waals surface area contributed by atoms with Gasteiger partial charge in [0.2, 0.25) is 0 Å². The topological polar surface area (TPSA) is 71.5 Å². The average molecular weight is 366 g/mol. The first kappa shape index (κ1) is 17.7. The summed E-state index contributed by atoms with van der Waals surface area (Å²) in [6.45, 7) is 0.242. The van der Waals surface area contributed by atoms with Crippen molar-refractivity contribution >= 4 is 23.1 Å². The number of nitrogens with zero attached hydrogens (tertiary/aromatic N) is 1. The third-order valence-corrected chi connectivity index (χ3v) is 4.41. The molecule has 0 atom stereocenters. The normalized spacial score (nSPS) is 11.2. The van der Waals surface area contributed by atoms with Gasteiger partial charge >= 0.3 is 0 Å². The van der Waals surface area contributed by atoms with Crippen molar-refractivity contribution in [2.75, 3.05) is 7.11 Å². The molecule has 132 valence electrons. The van der Waals surface area contributed by atoms with Crippen LogP contribution >= 0.6 is 11.3 Å². The Hall–Kier alpha value is -3.12. The van der Waals surface area contributed by atoms with Crippen LogP contribution in [0, 0.1) is 0 Å². The van der Waals surface area contributed by atoms with Gasteiger partial charge in [0.05, 0.1) is 18.8 Å². The molecule has 0 N–H and O–H groups in total. The molecule has 0 saturated carbocycles. The van der Waals surface area contributed by atoms with E-state index in [2.05, 4.69) is 4.98 Å². The number of hydrogen-bond donors (Lipinski definition) is 0. The van der Waals surface area contributed by atoms with Gasteiger partial charge in [0.25, 0.3) is 5.19 Å². The lowest BCUT2D eigenvalue weighted by molar-refractivity contribution is -0.297. The summed E-state index contributed by atoms with van der Waals surface area (Å²) < 4.78 is 11.0. The lowest BCUT2D eigenvalue weighted by Gasteiger charge is -2.12. The van der Waals surface area contributed by atoms with E-state index in [4.69, 9.17) is 9.47 Å². The first-order valence-electron chi connectivity index (χ1n) is 7.86. The third-order valence-electron chi connectivity index (χ3n) is 3.66. The second kappa shape index (κ2) is 8.31. The zero-order chi connectivity index (χ0) is 18.4. The summed E-state index contributed by atoms with van der Waals surface area (Å²) in [5.74, 6) is -1.10. The third kappa shape index (κ3) is 4.29. The van der Waals surface area contributed by atoms with Crippen LogP contribution < -0.4 is 9.84 Å². The Bertz CT molecular complexity index is 918. The molecular weight excluding hydrogens is 350 g/mol. The van der Waals surface area contributed by atoms with E-state index < -0.39 is 5.97 Å². The van der Waals surface area contributed by atoms with Gasteiger partial charge in [-0.25, -0.2) is 4.98 Å². The first-order valence-corrected chi connectivity index (χ1v) is 8.74. The zero-order valence-electron chi connectivity index (χ0n) is 14.0. The van der Waals surface area contributed by atoms with E-state index in [1.54, 1.807) is 12.1 Å². The summed E-state index contributed by atoms with van der Waals surface area (Å²) in [5.41, 5.74) is 3.31. The second-order valence-electron chi connectivity index (χ2n) is 5.34. The van der Waals surface area contributed by atoms with Gasteiger partial charge in [0, 0.05) is 28.1 Å². The summed E-state index contributed by atoms with van der Waals surface area (Å²) in [6, 6.07) is 17.1. The molecule has 0 aliphatic rings. The fourth-order valence-corrected chi connectivity index (χ4v) is 3.12. The number of aliphatic carboxylic acids is 1. The molecule has 3 aromatic rings. The summed E-state index contributed by atoms with van der Waals surface area (Å²) in [7, 11) is 1.42. The van der Waals surface area contributed by atoms with Crippen LogP contribution in [0.1, 0.15) is 11.1 Å². The van der Waals surface area contributed by atoms with Gasteiger partial charge in [-0.2, -0.15) is 0 Å². The molecule has 3 rings (SSSR count). The SMILES string of the molecule is CO/C(=C/C(=O)[O-])c1ccccc1COc1nc(-c2ccccc2)cs1. The van der Waals surface area contributed by atoms with Crippen LogP contribution in [0.25, 0.3) is 17.0 Å². The molecule has 0 radical (unpaired) electrons. The van der Waals surface area contributed by atoms with E-state index in [9.17, 15) is 9.90 Å². The number of ether oxygens (including phenoxy) is 2. The van der Waals surface area contributed by atoms with E-state index in [1.807, 2.05) is 47.8 Å². The Labute approximate surface area is 155 Å². The number of carbonyl (C=O) groups is 1. The van der Waals surface area contributed by atoms with Crippen LogP contribution in [-0.4, -0.2) is 18.1 Å². The minimum Gasteiger partial charge on any atom is -0.545 e. The van der Waals surface area contributed by atoms with E-state index >= 15 is 0 Å². The minimum atomic E-state index is -1.31. The van der Waals surface area contributed by atoms with Crippen molar-refractivity contribution in [3.05, 3.63) is 77.2 Å². The number of carboxylic acid groups (broad SMARTS) is 1. The van der Waals surface area contributed by atoms with E-state index in [0.29, 0.717) is 10.8 Å². The molecular formula is C20H16NO4S-. The Balaban J connectivity index is 1.77. The van der Waals surface area contributed by atoms with Gasteiger partial charge in [-0.15, -0.1) is 0 Å². The quantitative estimate of drug-likeness (QED) is 0.475. The van der Waals surface area contributed by atoms with Crippen molar-refractivity contribution < 1.29 is 19.4 Å². The Kier molecular flexibility index (Phi) is 5.66. The molecule has 0 bridgehead atoms. The van der Waals surface area contributed by atoms with Crippen molar-refractivity contribution in [2.24, 2.45) is 0 Å². The highest BCUT2D eigenvalue weighted by Gasteiger charge is 2.10. The number of rotatable bonds is 7. The molecule has 6 heteroatoms. The Morgan fingerprint density at radius 1 is 1.15 bits per heavy atom. The maximum Gasteiger partial charge on any atom is 0.274 e. The van der Waals surface area contributed by atoms with Gasteiger partial charge in [-0.1, -0.05) is 65.9 Å². The predicted molar refractivity (Wildman–Crippen MR) is 98.3 cm³/mol. The van der Waals surface area contributed by atoms with Gasteiger partial charge in [-0.05, 0) is 0 Å². The maximum absolute atomic E-state index is 10.9. The van der Waals surface area contributed by atoms with Crippen LogP contribution in [0.15, 0.2) is 66.1 Å². The maximum atomic E-state index is 10.9. The fraction of sp³-hybridized carbons (Fsp3) is 0.100. The van der Waals surface area contributed by atoms with Gasteiger partial charge in [0.1, 0.15) is 12.4 Å². The molecule has 0 aliphatic heterocycles. The van der Waals surface area contributed by atoms with Crippen LogP contribution in [0.2, 0.25) is 0 Å². The Morgan fingerprint density at radius 3 is 2.62 bits per heavy atom. The van der Waals surface area contributed by atoms with Crippen molar-refractivity contribution in [1.82, 2.24) is 4.98 Å². The molecule has 0 unspecified atom stereocenters. The summed E-state index contributed by atoms with van der Waals surface area (Å²) in [6.07, 6.45) is 0.926. The summed E-state index contributed by atoms with van der Waals surface area (Å²) in [4.78, 5) is 15.3. The number of hydrogen-bond acceptors (Lipinski definition) is 6. The van der Waals surface area contributed by atoms with Crippen LogP contribution in [0.3, 0.4) is 0 Å². The summed E-state index contributed by atoms with van der Waals surface area (Å²) >= 11 is 1.41. The highest BCUT2D eigenvalue weighted by molar-refractivity contribution is 7.11. The van der Waals surface area contributed by atoms with Gasteiger partial charge in [-0.3, -0.25) is 0 Å². The molecule has 1 aromatic heterocycles. The van der Waals surface area contributed by atoms with E-state index in [0.717, 1.165) is 22.9 Å². The van der Waals surface area contributed by atoms with E-state index in [-0.39, 0.29) is 12.4 Å². The molecule has 0 amide bonds. The number of carboxylic acids is 1. The smallest absolute Gasteiger partial charge is 0.274 e. The standard InChI is InChI=1S/C20H17NO4S/c1-24-18(11-19(22)23)16-10-6-5-9-15(16)12-25-20-21-17(13-26-20)14-7-3-2-4-8-14/h2-11,13H,12H2,1H3,(H,22,23)/p-1/b18-11+. The van der Waals surface area contributed by atoms with Crippen molar-refractivity contribution in [3.8, 4) is 16.5 Å². The number of aromatic nitrogens is 1. The number of benzene rings is 2. The number of methoxy groups -OCH3 is 1. The van der Waals surface area contributed by atoms with Crippen molar-refractivity contribution in [3.63, 3.8) is 0 Å². The van der Waals surface area contributed by atoms with E-state index in [1.165, 1.54) is 18.4 Å². The lowest BCUT2D eigenvalue weighted by atomic mass is 10.1. The van der Waals surface area contributed by atoms with Gasteiger partial charge < -0.3 is 19.4 Å². The first-order chi connectivity index (χ1) is 12.7. The molecule has 0 spiro atoms. The predicted octanol–water partition coefficient (Wildman–Crippen LogP) is 3.13. The van der Waals surface area contributed by atoms with Gasteiger partial charge in [0.15, 0.2) is 0 Å². The minimum absolute atomic E-state index is 0.216. The Morgan fingerprint density at radius 2 is 1.88 bits per heavy atom. The molecule has 26 heavy (non-hydrogen) atoms. The molecule has 5 nitrogen and oxygen atoms in total. The average Bonchev–Trinajstić information content (AvgIpc) is 3.14. The zero-order valence-corrected chi connectivity index (χ0v) is 14.9. The fourth-order valence-electron chi connectivity index (χ4n) is 2.44. The largest absolute Gasteiger partial charge is 0.545 e. The van der Waals surface area contributed by atoms with Crippen LogP contribution in [0.5, 0.6) is 5.19 Å². The second-order valence-corrected chi connectivity index (χ2v) is 6.16. The summed E-state index contributed by atoms with van der Waals surface area (Å²) in [5, 5.41) is 13.3. The van der Waals surface area contributed by atoms with Crippen LogP contribution in [-0.2, 0) is 16.1 Å². The monoisotopic (exact) mass is 366 g/mol. The highest BCUT2D eigenvalue weighted by Crippen LogP contribution is 2.28. The van der Waals surface area contributed by atoms with Crippen LogP contribution in [0.4, 0.5) is 0 Å². The molecule has 0 fully saturated rings. The number of carbonyl (C=O) groups excluding carboxylic acids is 1. The molecule has 1 heterocycles. The van der Waals surface area contributed by atoms with Crippen molar-refractivity contribution in [1.29, 1.82) is 0 Å². The van der Waals surface area contributed by atoms with Crippen molar-refractivity contribution in [2.45, 2.75) is 6.61 Å².